The third-order valence-corrected chi connectivity index (χ3v) is 2.65. The van der Waals surface area contributed by atoms with Crippen LogP contribution >= 0.6 is 0 Å². The summed E-state index contributed by atoms with van der Waals surface area (Å²) in [5, 5.41) is 12.5. The van der Waals surface area contributed by atoms with Crippen molar-refractivity contribution in [1.82, 2.24) is 0 Å². The van der Waals surface area contributed by atoms with Crippen molar-refractivity contribution in [2.45, 2.75) is 6.92 Å². The number of benzene rings is 1. The number of carbonyl (C=O) groups excluding carboxylic acids is 1. The summed E-state index contributed by atoms with van der Waals surface area (Å²) in [5.74, 6) is 0.109. The molecule has 0 bridgehead atoms. The van der Waals surface area contributed by atoms with Gasteiger partial charge in [0.1, 0.15) is 11.4 Å². The van der Waals surface area contributed by atoms with Crippen molar-refractivity contribution >= 4 is 17.3 Å². The van der Waals surface area contributed by atoms with Crippen LogP contribution in [0, 0.1) is 5.92 Å². The molecule has 0 saturated carbocycles. The molecular weight excluding hydrogens is 192 g/mol. The summed E-state index contributed by atoms with van der Waals surface area (Å²) in [7, 11) is 1.87. The van der Waals surface area contributed by atoms with E-state index in [9.17, 15) is 9.90 Å². The maximum atomic E-state index is 11.6. The van der Waals surface area contributed by atoms with Crippen LogP contribution in [0.3, 0.4) is 0 Å². The van der Waals surface area contributed by atoms with Gasteiger partial charge in [0, 0.05) is 13.6 Å². The fourth-order valence-electron chi connectivity index (χ4n) is 1.87. The Morgan fingerprint density at radius 1 is 1.53 bits per heavy atom. The van der Waals surface area contributed by atoms with Crippen molar-refractivity contribution in [3.8, 4) is 5.75 Å². The van der Waals surface area contributed by atoms with Crippen LogP contribution in [0.1, 0.15) is 6.92 Å². The minimum Gasteiger partial charge on any atom is -0.506 e. The number of fused-ring (bicyclic) bond motifs is 1. The molecule has 0 aromatic heterocycles. The first-order chi connectivity index (χ1) is 7.09. The maximum Gasteiger partial charge on any atom is 0.229 e. The Labute approximate surface area is 88.5 Å². The fraction of sp³-hybridized carbons (Fsp3) is 0.364. The molecule has 4 heteroatoms. The van der Waals surface area contributed by atoms with E-state index in [1.807, 2.05) is 18.9 Å². The molecule has 1 aromatic rings. The highest BCUT2D eigenvalue weighted by molar-refractivity contribution is 5.98. The number of phenolic OH excluding ortho intramolecular Hbond substituents is 1. The van der Waals surface area contributed by atoms with E-state index in [2.05, 4.69) is 5.32 Å². The first-order valence-corrected chi connectivity index (χ1v) is 4.93. The van der Waals surface area contributed by atoms with E-state index in [-0.39, 0.29) is 17.6 Å². The van der Waals surface area contributed by atoms with E-state index in [1.54, 1.807) is 18.2 Å². The lowest BCUT2D eigenvalue weighted by atomic mass is 10.1. The number of nitrogens with zero attached hydrogens (tertiary/aromatic N) is 1. The van der Waals surface area contributed by atoms with Gasteiger partial charge in [-0.25, -0.2) is 0 Å². The number of anilines is 2. The van der Waals surface area contributed by atoms with Crippen LogP contribution in [0.15, 0.2) is 18.2 Å². The number of rotatable bonds is 0. The minimum atomic E-state index is -0.0817. The Morgan fingerprint density at radius 3 is 3.00 bits per heavy atom. The summed E-state index contributed by atoms with van der Waals surface area (Å²) in [5.41, 5.74) is 1.36. The number of para-hydroxylation sites is 1. The van der Waals surface area contributed by atoms with Crippen LogP contribution in [0.5, 0.6) is 5.75 Å². The highest BCUT2D eigenvalue weighted by Gasteiger charge is 2.24. The molecule has 15 heavy (non-hydrogen) atoms. The molecule has 0 fully saturated rings. The number of hydrogen-bond acceptors (Lipinski definition) is 3. The molecule has 1 amide bonds. The van der Waals surface area contributed by atoms with Crippen LogP contribution in [-0.4, -0.2) is 24.6 Å². The monoisotopic (exact) mass is 206 g/mol. The third kappa shape index (κ3) is 1.63. The number of phenols is 1. The first kappa shape index (κ1) is 9.83. The molecule has 2 N–H and O–H groups in total. The van der Waals surface area contributed by atoms with Crippen molar-refractivity contribution in [2.24, 2.45) is 5.92 Å². The molecule has 1 unspecified atom stereocenters. The highest BCUT2D eigenvalue weighted by Crippen LogP contribution is 2.36. The topological polar surface area (TPSA) is 52.6 Å². The van der Waals surface area contributed by atoms with Gasteiger partial charge in [-0.15, -0.1) is 0 Å². The second kappa shape index (κ2) is 3.46. The molecule has 0 radical (unpaired) electrons. The molecule has 80 valence electrons. The molecular formula is C11H14N2O2. The normalized spacial score (nSPS) is 20.5. The Morgan fingerprint density at radius 2 is 2.27 bits per heavy atom. The Kier molecular flexibility index (Phi) is 2.26. The second-order valence-electron chi connectivity index (χ2n) is 3.94. The molecule has 2 rings (SSSR count). The minimum absolute atomic E-state index is 0.00815. The SMILES string of the molecule is CC1CN(C)c2c(O)cccc2NC1=O. The summed E-state index contributed by atoms with van der Waals surface area (Å²) in [6.45, 7) is 2.48. The molecule has 0 saturated heterocycles. The zero-order valence-electron chi connectivity index (χ0n) is 8.82. The van der Waals surface area contributed by atoms with E-state index in [0.717, 1.165) is 0 Å². The second-order valence-corrected chi connectivity index (χ2v) is 3.94. The number of hydrogen-bond donors (Lipinski definition) is 2. The molecule has 0 spiro atoms. The molecule has 1 heterocycles. The van der Waals surface area contributed by atoms with Gasteiger partial charge in [0.2, 0.25) is 5.91 Å². The van der Waals surface area contributed by atoms with Crippen molar-refractivity contribution in [2.75, 3.05) is 23.8 Å². The average Bonchev–Trinajstić information content (AvgIpc) is 2.26. The van der Waals surface area contributed by atoms with Crippen LogP contribution in [0.2, 0.25) is 0 Å². The predicted molar refractivity (Wildman–Crippen MR) is 59.2 cm³/mol. The quantitative estimate of drug-likeness (QED) is 0.675. The van der Waals surface area contributed by atoms with Crippen LogP contribution in [0.4, 0.5) is 11.4 Å². The molecule has 0 aliphatic carbocycles. The van der Waals surface area contributed by atoms with Gasteiger partial charge in [-0.3, -0.25) is 4.79 Å². The number of amides is 1. The van der Waals surface area contributed by atoms with Gasteiger partial charge >= 0.3 is 0 Å². The average molecular weight is 206 g/mol. The maximum absolute atomic E-state index is 11.6. The number of carbonyl (C=O) groups is 1. The Balaban J connectivity index is 2.51. The van der Waals surface area contributed by atoms with Gasteiger partial charge in [-0.2, -0.15) is 0 Å². The van der Waals surface area contributed by atoms with Gasteiger partial charge < -0.3 is 15.3 Å². The zero-order chi connectivity index (χ0) is 11.0. The lowest BCUT2D eigenvalue weighted by Crippen LogP contribution is -2.27. The van der Waals surface area contributed by atoms with Crippen molar-refractivity contribution < 1.29 is 9.90 Å². The molecule has 1 aliphatic rings. The van der Waals surface area contributed by atoms with Crippen LogP contribution in [-0.2, 0) is 4.79 Å². The van der Waals surface area contributed by atoms with Crippen molar-refractivity contribution in [3.63, 3.8) is 0 Å². The highest BCUT2D eigenvalue weighted by atomic mass is 16.3. The van der Waals surface area contributed by atoms with Crippen molar-refractivity contribution in [3.05, 3.63) is 18.2 Å². The molecule has 4 nitrogen and oxygen atoms in total. The fourth-order valence-corrected chi connectivity index (χ4v) is 1.87. The first-order valence-electron chi connectivity index (χ1n) is 4.93. The molecule has 1 aromatic carbocycles. The van der Waals surface area contributed by atoms with E-state index >= 15 is 0 Å². The number of nitrogens with one attached hydrogen (secondary N) is 1. The number of aromatic hydroxyl groups is 1. The Bertz CT molecular complexity index is 404. The summed E-state index contributed by atoms with van der Waals surface area (Å²) < 4.78 is 0. The van der Waals surface area contributed by atoms with Gasteiger partial charge in [0.05, 0.1) is 11.6 Å². The standard InChI is InChI=1S/C11H14N2O2/c1-7-6-13(2)10-8(12-11(7)15)4-3-5-9(10)14/h3-5,7,14H,6H2,1-2H3,(H,12,15). The summed E-state index contributed by atoms with van der Waals surface area (Å²) in [6.07, 6.45) is 0. The van der Waals surface area contributed by atoms with Crippen LogP contribution in [0.25, 0.3) is 0 Å². The lowest BCUT2D eigenvalue weighted by Gasteiger charge is -2.20. The van der Waals surface area contributed by atoms with Gasteiger partial charge in [-0.05, 0) is 12.1 Å². The van der Waals surface area contributed by atoms with E-state index in [0.29, 0.717) is 17.9 Å². The largest absolute Gasteiger partial charge is 0.506 e. The summed E-state index contributed by atoms with van der Waals surface area (Å²) in [6, 6.07) is 5.14. The smallest absolute Gasteiger partial charge is 0.229 e. The van der Waals surface area contributed by atoms with Crippen LogP contribution < -0.4 is 10.2 Å². The molecule has 1 aliphatic heterocycles. The Hall–Kier alpha value is -1.71. The van der Waals surface area contributed by atoms with E-state index < -0.39 is 0 Å². The predicted octanol–water partition coefficient (Wildman–Crippen LogP) is 1.42. The van der Waals surface area contributed by atoms with E-state index in [4.69, 9.17) is 0 Å². The van der Waals surface area contributed by atoms with E-state index in [1.165, 1.54) is 0 Å². The third-order valence-electron chi connectivity index (χ3n) is 2.65. The van der Waals surface area contributed by atoms with Gasteiger partial charge in [0.25, 0.3) is 0 Å². The summed E-state index contributed by atoms with van der Waals surface area (Å²) in [4.78, 5) is 13.5. The van der Waals surface area contributed by atoms with Crippen molar-refractivity contribution in [1.29, 1.82) is 0 Å². The summed E-state index contributed by atoms with van der Waals surface area (Å²) >= 11 is 0. The van der Waals surface area contributed by atoms with Gasteiger partial charge in [0.15, 0.2) is 0 Å². The lowest BCUT2D eigenvalue weighted by molar-refractivity contribution is -0.119. The molecule has 1 atom stereocenters. The van der Waals surface area contributed by atoms with Gasteiger partial charge in [-0.1, -0.05) is 13.0 Å². The zero-order valence-corrected chi connectivity index (χ0v) is 8.82.